The number of hydrogen-bond acceptors (Lipinski definition) is 4. The van der Waals surface area contributed by atoms with E-state index in [1.165, 1.54) is 13.0 Å². The number of halogens is 2. The van der Waals surface area contributed by atoms with Crippen LogP contribution in [0.1, 0.15) is 12.6 Å². The molecule has 7 heteroatoms. The molecular formula is C16H12F2N2O3. The Morgan fingerprint density at radius 2 is 1.87 bits per heavy atom. The van der Waals surface area contributed by atoms with Crippen LogP contribution in [0.3, 0.4) is 0 Å². The van der Waals surface area contributed by atoms with Crippen LogP contribution in [-0.2, 0) is 15.5 Å². The maximum atomic E-state index is 13.8. The average Bonchev–Trinajstić information content (AvgIpc) is 2.56. The maximum absolute atomic E-state index is 13.8. The van der Waals surface area contributed by atoms with Crippen molar-refractivity contribution >= 4 is 11.7 Å². The third-order valence-corrected chi connectivity index (χ3v) is 2.79. The highest BCUT2D eigenvalue weighted by molar-refractivity contribution is 5.78. The van der Waals surface area contributed by atoms with Crippen molar-refractivity contribution in [3.63, 3.8) is 0 Å². The van der Waals surface area contributed by atoms with E-state index in [1.54, 1.807) is 24.3 Å². The normalized spacial score (nSPS) is 10.7. The summed E-state index contributed by atoms with van der Waals surface area (Å²) in [4.78, 5) is 18.0. The molecule has 0 aliphatic heterocycles. The number of hydrogen-bond donors (Lipinski definition) is 0. The molecular weight excluding hydrogens is 306 g/mol. The summed E-state index contributed by atoms with van der Waals surface area (Å²) in [7, 11) is 0. The molecule has 23 heavy (non-hydrogen) atoms. The van der Waals surface area contributed by atoms with Crippen molar-refractivity contribution in [1.82, 2.24) is 4.98 Å². The van der Waals surface area contributed by atoms with Gasteiger partial charge in [-0.15, -0.1) is 0 Å². The molecule has 0 fully saturated rings. The van der Waals surface area contributed by atoms with Crippen LogP contribution in [0.5, 0.6) is 11.5 Å². The summed E-state index contributed by atoms with van der Waals surface area (Å²) in [6, 6.07) is 8.57. The van der Waals surface area contributed by atoms with Gasteiger partial charge in [0.15, 0.2) is 5.69 Å². The fourth-order valence-electron chi connectivity index (χ4n) is 1.68. The third-order valence-electron chi connectivity index (χ3n) is 2.79. The van der Waals surface area contributed by atoms with Crippen LogP contribution in [0.2, 0.25) is 0 Å². The topological polar surface area (TPSA) is 52.8 Å². The van der Waals surface area contributed by atoms with Gasteiger partial charge in [-0.1, -0.05) is 12.1 Å². The first-order valence-corrected chi connectivity index (χ1v) is 6.64. The van der Waals surface area contributed by atoms with Crippen molar-refractivity contribution in [2.24, 2.45) is 0 Å². The van der Waals surface area contributed by atoms with E-state index in [2.05, 4.69) is 14.6 Å². The lowest BCUT2D eigenvalue weighted by Crippen LogP contribution is -2.29. The molecule has 2 aromatic rings. The number of benzene rings is 1. The molecule has 0 N–H and O–H groups in total. The van der Waals surface area contributed by atoms with Crippen molar-refractivity contribution in [1.29, 1.82) is 0 Å². The third kappa shape index (κ3) is 3.80. The molecule has 0 atom stereocenters. The van der Waals surface area contributed by atoms with Crippen LogP contribution in [0, 0.1) is 6.57 Å². The Balaban J connectivity index is 2.12. The lowest BCUT2D eigenvalue weighted by Gasteiger charge is -2.14. The molecule has 0 spiro atoms. The highest BCUT2D eigenvalue weighted by Gasteiger charge is 2.44. The molecule has 0 amide bonds. The Morgan fingerprint density at radius 3 is 2.39 bits per heavy atom. The monoisotopic (exact) mass is 318 g/mol. The summed E-state index contributed by atoms with van der Waals surface area (Å²) in [5.41, 5.74) is -0.258. The molecule has 0 bridgehead atoms. The van der Waals surface area contributed by atoms with Crippen molar-refractivity contribution in [3.8, 4) is 11.5 Å². The summed E-state index contributed by atoms with van der Waals surface area (Å²) < 4.78 is 37.3. The number of aromatic nitrogens is 1. The zero-order valence-corrected chi connectivity index (χ0v) is 12.1. The van der Waals surface area contributed by atoms with Crippen LogP contribution in [0.4, 0.5) is 14.5 Å². The summed E-state index contributed by atoms with van der Waals surface area (Å²) in [5.74, 6) is -4.80. The Bertz CT molecular complexity index is 722. The predicted molar refractivity (Wildman–Crippen MR) is 77.5 cm³/mol. The van der Waals surface area contributed by atoms with Crippen LogP contribution >= 0.6 is 0 Å². The minimum absolute atomic E-state index is 0.143. The maximum Gasteiger partial charge on any atom is 0.384 e. The molecule has 2 rings (SSSR count). The highest BCUT2D eigenvalue weighted by atomic mass is 19.3. The molecule has 1 heterocycles. The summed E-state index contributed by atoms with van der Waals surface area (Å²) in [5, 5.41) is 0. The van der Waals surface area contributed by atoms with Crippen LogP contribution < -0.4 is 4.74 Å². The molecule has 0 aliphatic carbocycles. The molecule has 0 saturated carbocycles. The van der Waals surface area contributed by atoms with Gasteiger partial charge in [0.05, 0.1) is 19.4 Å². The van der Waals surface area contributed by atoms with Crippen molar-refractivity contribution in [2.45, 2.75) is 12.8 Å². The lowest BCUT2D eigenvalue weighted by atomic mass is 10.2. The first-order valence-electron chi connectivity index (χ1n) is 6.64. The second-order valence-electron chi connectivity index (χ2n) is 4.38. The van der Waals surface area contributed by atoms with Gasteiger partial charge in [-0.3, -0.25) is 4.98 Å². The molecule has 0 radical (unpaired) electrons. The quantitative estimate of drug-likeness (QED) is 0.616. The van der Waals surface area contributed by atoms with Gasteiger partial charge in [0, 0.05) is 0 Å². The number of esters is 1. The van der Waals surface area contributed by atoms with Gasteiger partial charge < -0.3 is 9.47 Å². The molecule has 1 aromatic heterocycles. The van der Waals surface area contributed by atoms with Gasteiger partial charge in [-0.25, -0.2) is 9.64 Å². The highest BCUT2D eigenvalue weighted by Crippen LogP contribution is 2.30. The molecule has 0 saturated heterocycles. The largest absolute Gasteiger partial charge is 0.461 e. The van der Waals surface area contributed by atoms with Crippen molar-refractivity contribution in [3.05, 3.63) is 59.7 Å². The standard InChI is InChI=1S/C16H12F2N2O3/c1-3-22-15(21)16(17,18)14-9-8-13(10-20-14)23-12-6-4-11(19-2)5-7-12/h4-10H,3H2,1H3. The van der Waals surface area contributed by atoms with E-state index in [0.717, 1.165) is 12.3 Å². The fourth-order valence-corrected chi connectivity index (χ4v) is 1.68. The van der Waals surface area contributed by atoms with Crippen LogP contribution in [0.25, 0.3) is 4.85 Å². The second kappa shape index (κ2) is 6.83. The minimum Gasteiger partial charge on any atom is -0.461 e. The van der Waals surface area contributed by atoms with Gasteiger partial charge in [-0.05, 0) is 31.2 Å². The van der Waals surface area contributed by atoms with E-state index in [-0.39, 0.29) is 12.4 Å². The van der Waals surface area contributed by atoms with Gasteiger partial charge in [-0.2, -0.15) is 8.78 Å². The Labute approximate surface area is 131 Å². The van der Waals surface area contributed by atoms with E-state index in [1.807, 2.05) is 0 Å². The lowest BCUT2D eigenvalue weighted by molar-refractivity contribution is -0.173. The van der Waals surface area contributed by atoms with Crippen LogP contribution in [0.15, 0.2) is 42.6 Å². The first-order chi connectivity index (χ1) is 11.0. The molecule has 1 aromatic carbocycles. The summed E-state index contributed by atoms with van der Waals surface area (Å²) in [6.07, 6.45) is 1.09. The zero-order chi connectivity index (χ0) is 16.9. The first kappa shape index (κ1) is 16.4. The number of carbonyl (C=O) groups excluding carboxylic acids is 1. The Morgan fingerprint density at radius 1 is 1.22 bits per heavy atom. The van der Waals surface area contributed by atoms with Gasteiger partial charge in [0.25, 0.3) is 0 Å². The number of carbonyl (C=O) groups is 1. The minimum atomic E-state index is -3.81. The van der Waals surface area contributed by atoms with E-state index in [9.17, 15) is 13.6 Å². The van der Waals surface area contributed by atoms with Gasteiger partial charge in [0.2, 0.25) is 0 Å². The fraction of sp³-hybridized carbons (Fsp3) is 0.188. The van der Waals surface area contributed by atoms with E-state index >= 15 is 0 Å². The zero-order valence-electron chi connectivity index (χ0n) is 12.1. The number of rotatable bonds is 5. The second-order valence-corrected chi connectivity index (χ2v) is 4.38. The molecule has 0 aliphatic rings. The number of pyridine rings is 1. The van der Waals surface area contributed by atoms with E-state index in [0.29, 0.717) is 11.4 Å². The van der Waals surface area contributed by atoms with Gasteiger partial charge in [0.1, 0.15) is 17.2 Å². The average molecular weight is 318 g/mol. The molecule has 5 nitrogen and oxygen atoms in total. The van der Waals surface area contributed by atoms with E-state index in [4.69, 9.17) is 11.3 Å². The van der Waals surface area contributed by atoms with Crippen molar-refractivity contribution in [2.75, 3.05) is 6.61 Å². The smallest absolute Gasteiger partial charge is 0.384 e. The number of nitrogens with zero attached hydrogens (tertiary/aromatic N) is 2. The number of ether oxygens (including phenoxy) is 2. The van der Waals surface area contributed by atoms with E-state index < -0.39 is 17.6 Å². The predicted octanol–water partition coefficient (Wildman–Crippen LogP) is 4.08. The Kier molecular flexibility index (Phi) is 4.86. The van der Waals surface area contributed by atoms with Crippen molar-refractivity contribution < 1.29 is 23.0 Å². The summed E-state index contributed by atoms with van der Waals surface area (Å²) >= 11 is 0. The molecule has 0 unspecified atom stereocenters. The molecule has 118 valence electrons. The van der Waals surface area contributed by atoms with Gasteiger partial charge >= 0.3 is 11.9 Å². The summed E-state index contributed by atoms with van der Waals surface area (Å²) in [6.45, 7) is 8.15. The number of alkyl halides is 2. The van der Waals surface area contributed by atoms with Crippen LogP contribution in [-0.4, -0.2) is 17.6 Å². The SMILES string of the molecule is [C-]#[N+]c1ccc(Oc2ccc(C(F)(F)C(=O)OCC)nc2)cc1. The Hall–Kier alpha value is -3.01.